The van der Waals surface area contributed by atoms with Crippen LogP contribution in [-0.4, -0.2) is 44.2 Å². The van der Waals surface area contributed by atoms with Crippen molar-refractivity contribution in [3.63, 3.8) is 0 Å². The molecule has 6 heteroatoms. The summed E-state index contributed by atoms with van der Waals surface area (Å²) >= 11 is 0. The predicted molar refractivity (Wildman–Crippen MR) is 97.3 cm³/mol. The highest BCUT2D eigenvalue weighted by molar-refractivity contribution is 5.97. The van der Waals surface area contributed by atoms with Gasteiger partial charge in [-0.2, -0.15) is 0 Å². The maximum atomic E-state index is 12.8. The van der Waals surface area contributed by atoms with Gasteiger partial charge < -0.3 is 18.8 Å². The van der Waals surface area contributed by atoms with Crippen LogP contribution in [0, 0.1) is 18.3 Å². The van der Waals surface area contributed by atoms with Crippen molar-refractivity contribution >= 4 is 16.9 Å². The summed E-state index contributed by atoms with van der Waals surface area (Å²) in [5, 5.41) is 0.657. The number of benzene rings is 1. The summed E-state index contributed by atoms with van der Waals surface area (Å²) in [6.45, 7) is 2.07. The van der Waals surface area contributed by atoms with Crippen molar-refractivity contribution in [3.05, 3.63) is 40.2 Å². The van der Waals surface area contributed by atoms with E-state index in [1.165, 1.54) is 7.11 Å². The fourth-order valence-electron chi connectivity index (χ4n) is 3.19. The molecule has 0 saturated carbocycles. The summed E-state index contributed by atoms with van der Waals surface area (Å²) in [6, 6.07) is 6.86. The van der Waals surface area contributed by atoms with E-state index in [-0.39, 0.29) is 11.5 Å². The number of carbonyl (C=O) groups is 1. The first-order valence-corrected chi connectivity index (χ1v) is 8.55. The summed E-state index contributed by atoms with van der Waals surface area (Å²) in [6.07, 6.45) is 6.81. The molecule has 2 heterocycles. The minimum absolute atomic E-state index is 0.0489. The van der Waals surface area contributed by atoms with E-state index in [1.807, 2.05) is 0 Å². The maximum Gasteiger partial charge on any atom is 0.349 e. The van der Waals surface area contributed by atoms with Crippen LogP contribution < -0.4 is 10.4 Å². The molecule has 3 rings (SSSR count). The van der Waals surface area contributed by atoms with Gasteiger partial charge in [-0.05, 0) is 30.9 Å². The molecule has 0 atom stereocenters. The molecule has 1 fully saturated rings. The molecule has 1 saturated heterocycles. The Morgan fingerprint density at radius 1 is 1.38 bits per heavy atom. The van der Waals surface area contributed by atoms with Gasteiger partial charge in [-0.1, -0.05) is 18.1 Å². The molecular formula is C20H21NO5. The Labute approximate surface area is 151 Å². The molecule has 1 amide bonds. The van der Waals surface area contributed by atoms with Gasteiger partial charge in [0.05, 0.1) is 13.7 Å². The first-order valence-electron chi connectivity index (χ1n) is 8.55. The summed E-state index contributed by atoms with van der Waals surface area (Å²) in [5.74, 6) is 2.99. The van der Waals surface area contributed by atoms with E-state index in [9.17, 15) is 9.59 Å². The van der Waals surface area contributed by atoms with Crippen LogP contribution in [0.3, 0.4) is 0 Å². The average Bonchev–Trinajstić information content (AvgIpc) is 2.67. The summed E-state index contributed by atoms with van der Waals surface area (Å²) in [7, 11) is 1.51. The van der Waals surface area contributed by atoms with E-state index in [2.05, 4.69) is 5.92 Å². The lowest BCUT2D eigenvalue weighted by Crippen LogP contribution is -2.41. The number of terminal acetylenes is 1. The molecule has 1 aromatic carbocycles. The van der Waals surface area contributed by atoms with Crippen LogP contribution >= 0.6 is 0 Å². The number of carbonyl (C=O) groups excluding carboxylic acids is 1. The number of likely N-dealkylation sites (tertiary alicyclic amines) is 1. The van der Waals surface area contributed by atoms with Crippen molar-refractivity contribution in [2.24, 2.45) is 5.92 Å². The topological polar surface area (TPSA) is 69.0 Å². The Bertz CT molecular complexity index is 887. The van der Waals surface area contributed by atoms with Gasteiger partial charge in [0.1, 0.15) is 12.2 Å². The lowest BCUT2D eigenvalue weighted by atomic mass is 9.97. The Morgan fingerprint density at radius 3 is 2.85 bits per heavy atom. The maximum absolute atomic E-state index is 12.8. The minimum Gasteiger partial charge on any atom is -0.493 e. The molecule has 0 unspecified atom stereocenters. The van der Waals surface area contributed by atoms with Crippen molar-refractivity contribution < 1.29 is 18.7 Å². The second kappa shape index (κ2) is 8.07. The molecule has 1 aliphatic heterocycles. The third-order valence-corrected chi connectivity index (χ3v) is 4.61. The molecule has 2 aromatic rings. The van der Waals surface area contributed by atoms with Gasteiger partial charge >= 0.3 is 5.63 Å². The van der Waals surface area contributed by atoms with Crippen molar-refractivity contribution in [2.75, 3.05) is 33.4 Å². The van der Waals surface area contributed by atoms with E-state index in [0.29, 0.717) is 48.9 Å². The van der Waals surface area contributed by atoms with Gasteiger partial charge in [0.25, 0.3) is 5.91 Å². The van der Waals surface area contributed by atoms with E-state index < -0.39 is 5.63 Å². The number of nitrogens with zero attached hydrogens (tertiary/aromatic N) is 1. The number of rotatable bonds is 5. The molecule has 0 bridgehead atoms. The van der Waals surface area contributed by atoms with Crippen LogP contribution in [0.25, 0.3) is 11.0 Å². The summed E-state index contributed by atoms with van der Waals surface area (Å²) in [4.78, 5) is 26.8. The second-order valence-electron chi connectivity index (χ2n) is 6.28. The molecule has 1 aliphatic rings. The third kappa shape index (κ3) is 3.73. The van der Waals surface area contributed by atoms with Crippen molar-refractivity contribution in [1.82, 2.24) is 4.90 Å². The van der Waals surface area contributed by atoms with Crippen LogP contribution in [0.2, 0.25) is 0 Å². The number of methoxy groups -OCH3 is 1. The molecule has 0 spiro atoms. The van der Waals surface area contributed by atoms with Crippen molar-refractivity contribution in [1.29, 1.82) is 0 Å². The lowest BCUT2D eigenvalue weighted by molar-refractivity contribution is 0.0578. The monoisotopic (exact) mass is 355 g/mol. The molecule has 26 heavy (non-hydrogen) atoms. The van der Waals surface area contributed by atoms with Crippen molar-refractivity contribution in [3.8, 4) is 18.1 Å². The Morgan fingerprint density at radius 2 is 2.15 bits per heavy atom. The molecule has 6 nitrogen and oxygen atoms in total. The Balaban J connectivity index is 1.74. The number of hydrogen-bond acceptors (Lipinski definition) is 5. The molecule has 136 valence electrons. The first kappa shape index (κ1) is 18.0. The Hall–Kier alpha value is -2.78. The minimum atomic E-state index is -0.647. The molecule has 1 aromatic heterocycles. The number of ether oxygens (including phenoxy) is 2. The predicted octanol–water partition coefficient (Wildman–Crippen LogP) is 2.30. The zero-order chi connectivity index (χ0) is 18.5. The highest BCUT2D eigenvalue weighted by atomic mass is 16.5. The SMILES string of the molecule is C#CCOCC1CCN(C(=O)c2cc3cccc(OC)c3oc2=O)CC1. The highest BCUT2D eigenvalue weighted by Crippen LogP contribution is 2.25. The van der Waals surface area contributed by atoms with Crippen molar-refractivity contribution in [2.45, 2.75) is 12.8 Å². The van der Waals surface area contributed by atoms with Crippen LogP contribution in [0.5, 0.6) is 5.75 Å². The summed E-state index contributed by atoms with van der Waals surface area (Å²) in [5.41, 5.74) is -0.250. The largest absolute Gasteiger partial charge is 0.493 e. The summed E-state index contributed by atoms with van der Waals surface area (Å²) < 4.78 is 15.9. The second-order valence-corrected chi connectivity index (χ2v) is 6.28. The number of para-hydroxylation sites is 1. The molecule has 0 aliphatic carbocycles. The van der Waals surface area contributed by atoms with Gasteiger partial charge in [-0.25, -0.2) is 4.79 Å². The van der Waals surface area contributed by atoms with E-state index in [1.54, 1.807) is 29.2 Å². The number of hydrogen-bond donors (Lipinski definition) is 0. The Kier molecular flexibility index (Phi) is 5.59. The molecule has 0 radical (unpaired) electrons. The zero-order valence-corrected chi connectivity index (χ0v) is 14.7. The first-order chi connectivity index (χ1) is 12.6. The number of fused-ring (bicyclic) bond motifs is 1. The van der Waals surface area contributed by atoms with E-state index >= 15 is 0 Å². The van der Waals surface area contributed by atoms with E-state index in [0.717, 1.165) is 12.8 Å². The average molecular weight is 355 g/mol. The lowest BCUT2D eigenvalue weighted by Gasteiger charge is -2.31. The fraction of sp³-hybridized carbons (Fsp3) is 0.400. The van der Waals surface area contributed by atoms with Gasteiger partial charge in [-0.3, -0.25) is 4.79 Å². The van der Waals surface area contributed by atoms with Gasteiger partial charge in [0.15, 0.2) is 11.3 Å². The highest BCUT2D eigenvalue weighted by Gasteiger charge is 2.26. The van der Waals surface area contributed by atoms with E-state index in [4.69, 9.17) is 20.3 Å². The fourth-order valence-corrected chi connectivity index (χ4v) is 3.19. The van der Waals surface area contributed by atoms with Crippen LogP contribution in [-0.2, 0) is 4.74 Å². The number of amides is 1. The van der Waals surface area contributed by atoms with Crippen LogP contribution in [0.4, 0.5) is 0 Å². The molecular weight excluding hydrogens is 334 g/mol. The smallest absolute Gasteiger partial charge is 0.349 e. The quantitative estimate of drug-likeness (QED) is 0.468. The number of piperidine rings is 1. The molecule has 0 N–H and O–H groups in total. The van der Waals surface area contributed by atoms with Gasteiger partial charge in [0.2, 0.25) is 0 Å². The van der Waals surface area contributed by atoms with Crippen LogP contribution in [0.15, 0.2) is 33.5 Å². The van der Waals surface area contributed by atoms with Gasteiger partial charge in [-0.15, -0.1) is 6.42 Å². The van der Waals surface area contributed by atoms with Crippen LogP contribution in [0.1, 0.15) is 23.2 Å². The third-order valence-electron chi connectivity index (χ3n) is 4.61. The zero-order valence-electron chi connectivity index (χ0n) is 14.7. The van der Waals surface area contributed by atoms with Gasteiger partial charge in [0, 0.05) is 18.5 Å². The standard InChI is InChI=1S/C20H21NO5/c1-3-11-25-13-14-7-9-21(10-8-14)19(22)16-12-15-5-4-6-17(24-2)18(15)26-20(16)23/h1,4-6,12,14H,7-11,13H2,2H3. The normalized spacial score (nSPS) is 15.0.